The first-order chi connectivity index (χ1) is 11.2. The standard InChI is InChI=1S/C15H18FN3O4S/c1-9-4-5-12(8-13(9)16)18-14(20)6-7-17-24(21,22)15-10(2)19-23-11(15)3/h4-5,8,17H,6-7H2,1-3H3,(H,18,20). The molecule has 0 aliphatic carbocycles. The fraction of sp³-hybridized carbons (Fsp3) is 0.333. The van der Waals surface area contributed by atoms with Gasteiger partial charge in [0.15, 0.2) is 5.76 Å². The van der Waals surface area contributed by atoms with Crippen molar-refractivity contribution in [2.45, 2.75) is 32.1 Å². The highest BCUT2D eigenvalue weighted by molar-refractivity contribution is 7.89. The van der Waals surface area contributed by atoms with E-state index in [0.717, 1.165) is 0 Å². The van der Waals surface area contributed by atoms with Gasteiger partial charge in [0.1, 0.15) is 16.4 Å². The second-order valence-corrected chi connectivity index (χ2v) is 7.02. The zero-order valence-electron chi connectivity index (χ0n) is 13.5. The van der Waals surface area contributed by atoms with Crippen molar-refractivity contribution in [1.29, 1.82) is 0 Å². The monoisotopic (exact) mass is 355 g/mol. The van der Waals surface area contributed by atoms with Crippen molar-refractivity contribution in [3.05, 3.63) is 41.0 Å². The van der Waals surface area contributed by atoms with Gasteiger partial charge in [-0.3, -0.25) is 4.79 Å². The van der Waals surface area contributed by atoms with E-state index >= 15 is 0 Å². The highest BCUT2D eigenvalue weighted by Gasteiger charge is 2.23. The molecule has 0 atom stereocenters. The fourth-order valence-electron chi connectivity index (χ4n) is 2.12. The first kappa shape index (κ1) is 18.1. The summed E-state index contributed by atoms with van der Waals surface area (Å²) in [5.41, 5.74) is 1.04. The molecule has 0 spiro atoms. The van der Waals surface area contributed by atoms with Gasteiger partial charge in [0.2, 0.25) is 15.9 Å². The van der Waals surface area contributed by atoms with E-state index in [4.69, 9.17) is 4.52 Å². The summed E-state index contributed by atoms with van der Waals surface area (Å²) in [6, 6.07) is 4.33. The second-order valence-electron chi connectivity index (χ2n) is 5.31. The normalized spacial score (nSPS) is 11.5. The average Bonchev–Trinajstić information content (AvgIpc) is 2.82. The summed E-state index contributed by atoms with van der Waals surface area (Å²) in [7, 11) is -3.81. The fourth-order valence-corrected chi connectivity index (χ4v) is 3.48. The van der Waals surface area contributed by atoms with Crippen LogP contribution in [0, 0.1) is 26.6 Å². The molecule has 0 unspecified atom stereocenters. The Balaban J connectivity index is 1.91. The molecule has 0 aliphatic rings. The summed E-state index contributed by atoms with van der Waals surface area (Å²) in [5.74, 6) is -0.675. The highest BCUT2D eigenvalue weighted by Crippen LogP contribution is 2.18. The van der Waals surface area contributed by atoms with Crippen molar-refractivity contribution in [3.63, 3.8) is 0 Å². The van der Waals surface area contributed by atoms with Gasteiger partial charge in [0.05, 0.1) is 0 Å². The number of carbonyl (C=O) groups is 1. The maximum atomic E-state index is 13.4. The first-order valence-corrected chi connectivity index (χ1v) is 8.67. The Hall–Kier alpha value is -2.26. The zero-order chi connectivity index (χ0) is 17.9. The summed E-state index contributed by atoms with van der Waals surface area (Å²) < 4.78 is 44.9. The third kappa shape index (κ3) is 4.18. The Morgan fingerprint density at radius 1 is 1.29 bits per heavy atom. The number of carbonyl (C=O) groups excluding carboxylic acids is 1. The number of sulfonamides is 1. The molecule has 0 saturated carbocycles. The van der Waals surface area contributed by atoms with Crippen molar-refractivity contribution in [2.75, 3.05) is 11.9 Å². The number of anilines is 1. The maximum Gasteiger partial charge on any atom is 0.245 e. The summed E-state index contributed by atoms with van der Waals surface area (Å²) in [6.07, 6.45) is -0.0991. The lowest BCUT2D eigenvalue weighted by atomic mass is 10.2. The lowest BCUT2D eigenvalue weighted by Gasteiger charge is -2.08. The minimum absolute atomic E-state index is 0.0245. The number of benzene rings is 1. The van der Waals surface area contributed by atoms with Crippen LogP contribution in [0.15, 0.2) is 27.6 Å². The van der Waals surface area contributed by atoms with E-state index in [1.165, 1.54) is 19.9 Å². The Kier molecular flexibility index (Phi) is 5.35. The number of hydrogen-bond donors (Lipinski definition) is 2. The molecule has 0 bridgehead atoms. The summed E-state index contributed by atoms with van der Waals surface area (Å²) in [6.45, 7) is 4.52. The van der Waals surface area contributed by atoms with Crippen LogP contribution < -0.4 is 10.0 Å². The Labute approximate surface area is 139 Å². The van der Waals surface area contributed by atoms with Crippen LogP contribution in [0.4, 0.5) is 10.1 Å². The third-order valence-corrected chi connectivity index (χ3v) is 5.04. The SMILES string of the molecule is Cc1ccc(NC(=O)CCNS(=O)(=O)c2c(C)noc2C)cc1F. The third-order valence-electron chi connectivity index (χ3n) is 3.34. The largest absolute Gasteiger partial charge is 0.360 e. The van der Waals surface area contributed by atoms with Gasteiger partial charge < -0.3 is 9.84 Å². The van der Waals surface area contributed by atoms with Gasteiger partial charge in [0.25, 0.3) is 0 Å². The molecule has 1 heterocycles. The highest BCUT2D eigenvalue weighted by atomic mass is 32.2. The molecule has 9 heteroatoms. The number of aryl methyl sites for hydroxylation is 3. The maximum absolute atomic E-state index is 13.4. The van der Waals surface area contributed by atoms with Gasteiger partial charge in [-0.05, 0) is 38.5 Å². The molecule has 24 heavy (non-hydrogen) atoms. The molecular weight excluding hydrogens is 337 g/mol. The van der Waals surface area contributed by atoms with Crippen LogP contribution in [-0.4, -0.2) is 26.0 Å². The molecule has 2 N–H and O–H groups in total. The topological polar surface area (TPSA) is 101 Å². The molecule has 0 saturated heterocycles. The van der Waals surface area contributed by atoms with Crippen molar-refractivity contribution >= 4 is 21.6 Å². The lowest BCUT2D eigenvalue weighted by molar-refractivity contribution is -0.116. The minimum Gasteiger partial charge on any atom is -0.360 e. The van der Waals surface area contributed by atoms with Crippen molar-refractivity contribution < 1.29 is 22.1 Å². The van der Waals surface area contributed by atoms with Crippen LogP contribution in [-0.2, 0) is 14.8 Å². The molecule has 2 aromatic rings. The number of nitrogens with one attached hydrogen (secondary N) is 2. The van der Waals surface area contributed by atoms with E-state index in [0.29, 0.717) is 11.3 Å². The molecule has 1 amide bonds. The smallest absolute Gasteiger partial charge is 0.245 e. The van der Waals surface area contributed by atoms with Crippen molar-refractivity contribution in [1.82, 2.24) is 9.88 Å². The number of hydrogen-bond acceptors (Lipinski definition) is 5. The Morgan fingerprint density at radius 2 is 2.00 bits per heavy atom. The molecule has 0 fully saturated rings. The predicted molar refractivity (Wildman–Crippen MR) is 85.5 cm³/mol. The van der Waals surface area contributed by atoms with Gasteiger partial charge in [-0.2, -0.15) is 0 Å². The van der Waals surface area contributed by atoms with Crippen LogP contribution in [0.5, 0.6) is 0 Å². The molecule has 7 nitrogen and oxygen atoms in total. The van der Waals surface area contributed by atoms with Crippen molar-refractivity contribution in [3.8, 4) is 0 Å². The van der Waals surface area contributed by atoms with Gasteiger partial charge in [0, 0.05) is 18.7 Å². The second kappa shape index (κ2) is 7.10. The molecule has 0 radical (unpaired) electrons. The summed E-state index contributed by atoms with van der Waals surface area (Å²) >= 11 is 0. The van der Waals surface area contributed by atoms with E-state index < -0.39 is 21.7 Å². The molecular formula is C15H18FN3O4S. The van der Waals surface area contributed by atoms with Crippen LogP contribution >= 0.6 is 0 Å². The van der Waals surface area contributed by atoms with E-state index in [-0.39, 0.29) is 29.3 Å². The van der Waals surface area contributed by atoms with Gasteiger partial charge in [-0.25, -0.2) is 17.5 Å². The van der Waals surface area contributed by atoms with Crippen LogP contribution in [0.25, 0.3) is 0 Å². The Bertz CT molecular complexity index is 842. The number of rotatable bonds is 6. The zero-order valence-corrected chi connectivity index (χ0v) is 14.3. The van der Waals surface area contributed by atoms with Crippen LogP contribution in [0.1, 0.15) is 23.4 Å². The average molecular weight is 355 g/mol. The number of nitrogens with zero attached hydrogens (tertiary/aromatic N) is 1. The predicted octanol–water partition coefficient (Wildman–Crippen LogP) is 2.05. The molecule has 1 aromatic heterocycles. The lowest BCUT2D eigenvalue weighted by Crippen LogP contribution is -2.28. The van der Waals surface area contributed by atoms with Gasteiger partial charge in [-0.15, -0.1) is 0 Å². The first-order valence-electron chi connectivity index (χ1n) is 7.19. The molecule has 0 aliphatic heterocycles. The van der Waals surface area contributed by atoms with Crippen LogP contribution in [0.2, 0.25) is 0 Å². The van der Waals surface area contributed by atoms with Crippen molar-refractivity contribution in [2.24, 2.45) is 0 Å². The van der Waals surface area contributed by atoms with E-state index in [2.05, 4.69) is 15.2 Å². The molecule has 1 aromatic carbocycles. The quantitative estimate of drug-likeness (QED) is 0.826. The number of amides is 1. The Morgan fingerprint density at radius 3 is 2.58 bits per heavy atom. The number of aromatic nitrogens is 1. The minimum atomic E-state index is -3.81. The number of halogens is 1. The molecule has 2 rings (SSSR count). The summed E-state index contributed by atoms with van der Waals surface area (Å²) in [4.78, 5) is 11.8. The van der Waals surface area contributed by atoms with E-state index in [1.54, 1.807) is 19.1 Å². The van der Waals surface area contributed by atoms with Crippen LogP contribution in [0.3, 0.4) is 0 Å². The van der Waals surface area contributed by atoms with Gasteiger partial charge in [-0.1, -0.05) is 11.2 Å². The van der Waals surface area contributed by atoms with Gasteiger partial charge >= 0.3 is 0 Å². The van der Waals surface area contributed by atoms with E-state index in [1.807, 2.05) is 0 Å². The van der Waals surface area contributed by atoms with E-state index in [9.17, 15) is 17.6 Å². The molecule has 130 valence electrons. The summed E-state index contributed by atoms with van der Waals surface area (Å²) in [5, 5.41) is 6.10.